The van der Waals surface area contributed by atoms with Gasteiger partial charge in [0.05, 0.1) is 12.1 Å². The molecule has 0 bridgehead atoms. The molecule has 0 radical (unpaired) electrons. The summed E-state index contributed by atoms with van der Waals surface area (Å²) in [5, 5.41) is 17.5. The minimum Gasteiger partial charge on any atom is -0.483 e. The third kappa shape index (κ3) is 2.57. The van der Waals surface area contributed by atoms with Crippen molar-refractivity contribution in [1.82, 2.24) is 25.3 Å². The van der Waals surface area contributed by atoms with Crippen molar-refractivity contribution in [3.8, 4) is 0 Å². The van der Waals surface area contributed by atoms with E-state index in [0.717, 1.165) is 19.6 Å². The van der Waals surface area contributed by atoms with Crippen LogP contribution in [0.3, 0.4) is 0 Å². The Morgan fingerprint density at radius 2 is 2.15 bits per heavy atom. The van der Waals surface area contributed by atoms with E-state index in [0.29, 0.717) is 18.3 Å². The van der Waals surface area contributed by atoms with Crippen LogP contribution in [0.2, 0.25) is 0 Å². The van der Waals surface area contributed by atoms with Gasteiger partial charge in [-0.05, 0) is 0 Å². The number of likely N-dealkylation sites (N-methyl/N-ethyl adjacent to an activating group) is 1. The second-order valence-electron chi connectivity index (χ2n) is 4.91. The zero-order valence-electron chi connectivity index (χ0n) is 11.4. The summed E-state index contributed by atoms with van der Waals surface area (Å²) < 4.78 is 5.33. The molecule has 2 fully saturated rings. The Balaban J connectivity index is 0.000000452. The molecule has 9 heteroatoms. The van der Waals surface area contributed by atoms with E-state index >= 15 is 0 Å². The molecule has 0 atom stereocenters. The average Bonchev–Trinajstić information content (AvgIpc) is 2.88. The number of carbonyl (C=O) groups excluding carboxylic acids is 1. The van der Waals surface area contributed by atoms with Crippen LogP contribution in [0.25, 0.3) is 0 Å². The number of carboxylic acid groups (broad SMARTS) is 1. The minimum atomic E-state index is -0.250. The molecule has 2 saturated heterocycles. The molecule has 0 aromatic carbocycles. The molecule has 0 aliphatic carbocycles. The zero-order chi connectivity index (χ0) is 14.8. The number of urea groups is 1. The fourth-order valence-corrected chi connectivity index (χ4v) is 2.51. The lowest BCUT2D eigenvalue weighted by molar-refractivity contribution is -0.122. The number of hydrogen-bond acceptors (Lipinski definition) is 6. The summed E-state index contributed by atoms with van der Waals surface area (Å²) in [6, 6.07) is 0.0123. The predicted octanol–water partition coefficient (Wildman–Crippen LogP) is -0.712. The number of carbonyl (C=O) groups is 2. The Labute approximate surface area is 115 Å². The number of hydrogen-bond donors (Lipinski definition) is 2. The van der Waals surface area contributed by atoms with Crippen LogP contribution >= 0.6 is 0 Å². The van der Waals surface area contributed by atoms with Crippen LogP contribution in [-0.2, 0) is 11.3 Å². The van der Waals surface area contributed by atoms with Crippen molar-refractivity contribution in [3.05, 3.63) is 11.8 Å². The van der Waals surface area contributed by atoms with Crippen LogP contribution in [0.5, 0.6) is 0 Å². The molecule has 1 aromatic heterocycles. The van der Waals surface area contributed by atoms with Crippen LogP contribution in [0.15, 0.2) is 4.42 Å². The topological polar surface area (TPSA) is 112 Å². The summed E-state index contributed by atoms with van der Waals surface area (Å²) >= 11 is 0. The monoisotopic (exact) mass is 283 g/mol. The minimum absolute atomic E-state index is 0.0123. The highest BCUT2D eigenvalue weighted by atomic mass is 16.4. The van der Waals surface area contributed by atoms with Crippen LogP contribution in [0.1, 0.15) is 11.8 Å². The molecule has 20 heavy (non-hydrogen) atoms. The molecule has 1 aromatic rings. The number of likely N-dealkylation sites (tertiary alicyclic amines) is 1. The van der Waals surface area contributed by atoms with Gasteiger partial charge in [-0.2, -0.15) is 0 Å². The highest BCUT2D eigenvalue weighted by Crippen LogP contribution is 2.30. The Bertz CT molecular complexity index is 497. The maximum absolute atomic E-state index is 11.4. The molecule has 1 spiro atoms. The summed E-state index contributed by atoms with van der Waals surface area (Å²) in [4.78, 5) is 23.8. The third-order valence-corrected chi connectivity index (χ3v) is 3.55. The molecule has 2 N–H and O–H groups in total. The Hall–Kier alpha value is -2.16. The summed E-state index contributed by atoms with van der Waals surface area (Å²) in [6.45, 7) is 4.61. The Morgan fingerprint density at radius 1 is 1.50 bits per heavy atom. The molecule has 9 nitrogen and oxygen atoms in total. The SMILES string of the molecule is Cc1nnc(CN2CC3(CNC(=O)N3C)C2)o1.O=CO. The van der Waals surface area contributed by atoms with Crippen molar-refractivity contribution >= 4 is 12.5 Å². The normalized spacial score (nSPS) is 20.1. The van der Waals surface area contributed by atoms with Gasteiger partial charge < -0.3 is 19.7 Å². The summed E-state index contributed by atoms with van der Waals surface area (Å²) in [7, 11) is 1.84. The molecule has 3 heterocycles. The lowest BCUT2D eigenvalue weighted by Crippen LogP contribution is -2.68. The van der Waals surface area contributed by atoms with Gasteiger partial charge in [0.15, 0.2) is 0 Å². The first-order valence-corrected chi connectivity index (χ1v) is 6.11. The van der Waals surface area contributed by atoms with Gasteiger partial charge in [0.2, 0.25) is 11.8 Å². The van der Waals surface area contributed by atoms with Crippen molar-refractivity contribution in [2.24, 2.45) is 0 Å². The van der Waals surface area contributed by atoms with Crippen molar-refractivity contribution in [1.29, 1.82) is 0 Å². The van der Waals surface area contributed by atoms with Gasteiger partial charge >= 0.3 is 6.03 Å². The average molecular weight is 283 g/mol. The first kappa shape index (κ1) is 14.3. The van der Waals surface area contributed by atoms with Crippen LogP contribution in [0.4, 0.5) is 4.79 Å². The lowest BCUT2D eigenvalue weighted by atomic mass is 9.89. The van der Waals surface area contributed by atoms with Gasteiger partial charge in [0, 0.05) is 33.6 Å². The first-order chi connectivity index (χ1) is 9.50. The van der Waals surface area contributed by atoms with E-state index in [4.69, 9.17) is 14.3 Å². The predicted molar refractivity (Wildman–Crippen MR) is 66.9 cm³/mol. The zero-order valence-corrected chi connectivity index (χ0v) is 11.4. The Kier molecular flexibility index (Phi) is 3.89. The van der Waals surface area contributed by atoms with Gasteiger partial charge in [0.1, 0.15) is 0 Å². The van der Waals surface area contributed by atoms with Crippen LogP contribution in [-0.4, -0.2) is 69.8 Å². The van der Waals surface area contributed by atoms with Gasteiger partial charge in [0.25, 0.3) is 6.47 Å². The number of amides is 2. The van der Waals surface area contributed by atoms with Crippen LogP contribution < -0.4 is 5.32 Å². The molecule has 2 aliphatic heterocycles. The highest BCUT2D eigenvalue weighted by molar-refractivity contribution is 5.78. The lowest BCUT2D eigenvalue weighted by Gasteiger charge is -2.50. The van der Waals surface area contributed by atoms with Crippen LogP contribution in [0, 0.1) is 6.92 Å². The van der Waals surface area contributed by atoms with E-state index in [1.165, 1.54) is 0 Å². The second-order valence-corrected chi connectivity index (χ2v) is 4.91. The Morgan fingerprint density at radius 3 is 2.60 bits per heavy atom. The second kappa shape index (κ2) is 5.45. The number of rotatable bonds is 2. The quantitative estimate of drug-likeness (QED) is 0.689. The van der Waals surface area contributed by atoms with Gasteiger partial charge in [-0.1, -0.05) is 0 Å². The van der Waals surface area contributed by atoms with Crippen molar-refractivity contribution in [2.75, 3.05) is 26.7 Å². The molecule has 110 valence electrons. The largest absolute Gasteiger partial charge is 0.483 e. The maximum Gasteiger partial charge on any atom is 0.317 e. The summed E-state index contributed by atoms with van der Waals surface area (Å²) in [5.41, 5.74) is -0.0356. The van der Waals surface area contributed by atoms with E-state index in [1.807, 2.05) is 7.05 Å². The van der Waals surface area contributed by atoms with E-state index < -0.39 is 0 Å². The molecular weight excluding hydrogens is 266 g/mol. The fraction of sp³-hybridized carbons (Fsp3) is 0.636. The standard InChI is InChI=1S/C10H15N5O2.CH2O2/c1-7-12-13-8(17-7)3-15-5-10(6-15)4-11-9(16)14(10)2;2-1-3/h3-6H2,1-2H3,(H,11,16);1H,(H,2,3). The number of nitrogens with zero attached hydrogens (tertiary/aromatic N) is 4. The third-order valence-electron chi connectivity index (χ3n) is 3.55. The fourth-order valence-electron chi connectivity index (χ4n) is 2.51. The smallest absolute Gasteiger partial charge is 0.317 e. The molecular formula is C11H17N5O4. The molecule has 2 aliphatic rings. The van der Waals surface area contributed by atoms with Crippen molar-refractivity contribution < 1.29 is 19.1 Å². The van der Waals surface area contributed by atoms with Gasteiger partial charge in [-0.25, -0.2) is 4.79 Å². The van der Waals surface area contributed by atoms with Gasteiger partial charge in [-0.3, -0.25) is 9.69 Å². The van der Waals surface area contributed by atoms with E-state index in [2.05, 4.69) is 20.4 Å². The maximum atomic E-state index is 11.4. The number of aryl methyl sites for hydroxylation is 1. The molecule has 2 amide bonds. The number of nitrogens with one attached hydrogen (secondary N) is 1. The molecule has 0 unspecified atom stereocenters. The van der Waals surface area contributed by atoms with Gasteiger partial charge in [-0.15, -0.1) is 10.2 Å². The highest BCUT2D eigenvalue weighted by Gasteiger charge is 2.52. The summed E-state index contributed by atoms with van der Waals surface area (Å²) in [5.74, 6) is 1.22. The van der Waals surface area contributed by atoms with Crippen molar-refractivity contribution in [3.63, 3.8) is 0 Å². The van der Waals surface area contributed by atoms with E-state index in [-0.39, 0.29) is 18.0 Å². The molecule has 0 saturated carbocycles. The van der Waals surface area contributed by atoms with E-state index in [9.17, 15) is 4.79 Å². The van der Waals surface area contributed by atoms with Crippen molar-refractivity contribution in [2.45, 2.75) is 19.0 Å². The first-order valence-electron chi connectivity index (χ1n) is 6.11. The number of aromatic nitrogens is 2. The molecule has 3 rings (SSSR count). The van der Waals surface area contributed by atoms with E-state index in [1.54, 1.807) is 11.8 Å². The summed E-state index contributed by atoms with van der Waals surface area (Å²) in [6.07, 6.45) is 0.